The summed E-state index contributed by atoms with van der Waals surface area (Å²) in [6.07, 6.45) is -1.80. The molecule has 0 aromatic heterocycles. The van der Waals surface area contributed by atoms with Crippen molar-refractivity contribution in [2.45, 2.75) is 90.5 Å². The summed E-state index contributed by atoms with van der Waals surface area (Å²) in [5, 5.41) is 0. The van der Waals surface area contributed by atoms with Crippen molar-refractivity contribution < 1.29 is 27.5 Å². The molecule has 9 heteroatoms. The van der Waals surface area contributed by atoms with Crippen LogP contribution in [0, 0.1) is 11.8 Å². The lowest BCUT2D eigenvalue weighted by atomic mass is 9.91. The van der Waals surface area contributed by atoms with Crippen molar-refractivity contribution in [2.24, 2.45) is 11.8 Å². The molecule has 0 radical (unpaired) electrons. The molecule has 4 rings (SSSR count). The molecular formula is C30H44F3N3O3. The highest BCUT2D eigenvalue weighted by Crippen LogP contribution is 2.41. The molecule has 3 saturated heterocycles. The summed E-state index contributed by atoms with van der Waals surface area (Å²) in [5.41, 5.74) is 0.213. The van der Waals surface area contributed by atoms with Crippen LogP contribution in [0.25, 0.3) is 0 Å². The van der Waals surface area contributed by atoms with Crippen LogP contribution in [0.4, 0.5) is 18.9 Å². The Morgan fingerprint density at radius 1 is 0.846 bits per heavy atom. The number of rotatable bonds is 4. The van der Waals surface area contributed by atoms with E-state index in [9.17, 15) is 22.8 Å². The molecular weight excluding hydrogens is 507 g/mol. The van der Waals surface area contributed by atoms with Crippen LogP contribution in [0.3, 0.4) is 0 Å². The highest BCUT2D eigenvalue weighted by atomic mass is 19.4. The van der Waals surface area contributed by atoms with Gasteiger partial charge in [0.15, 0.2) is 0 Å². The fourth-order valence-electron chi connectivity index (χ4n) is 6.12. The van der Waals surface area contributed by atoms with Crippen LogP contribution in [-0.2, 0) is 20.5 Å². The minimum absolute atomic E-state index is 0.0186. The third-order valence-corrected chi connectivity index (χ3v) is 8.36. The van der Waals surface area contributed by atoms with Crippen LogP contribution in [0.5, 0.6) is 0 Å². The Morgan fingerprint density at radius 2 is 1.49 bits per heavy atom. The van der Waals surface area contributed by atoms with Crippen molar-refractivity contribution in [2.75, 3.05) is 44.2 Å². The van der Waals surface area contributed by atoms with E-state index in [2.05, 4.69) is 25.7 Å². The van der Waals surface area contributed by atoms with Crippen LogP contribution in [0.2, 0.25) is 0 Å². The molecule has 3 fully saturated rings. The van der Waals surface area contributed by atoms with E-state index >= 15 is 0 Å². The Labute approximate surface area is 230 Å². The standard InChI is InChI=1S/C30H44F3N3O3/c1-28(2,3)36-16-12-22(19-36)26(37)35-15-11-21(18-35)24-8-7-23(30(31,32)33)17-25(24)34-13-9-20(10-14-34)27(38)39-29(4,5)6/h7-8,17,20-22H,9-16,18-19H2,1-6H3. The van der Waals surface area contributed by atoms with E-state index in [0.29, 0.717) is 44.7 Å². The predicted molar refractivity (Wildman–Crippen MR) is 146 cm³/mol. The molecule has 218 valence electrons. The highest BCUT2D eigenvalue weighted by Gasteiger charge is 2.40. The summed E-state index contributed by atoms with van der Waals surface area (Å²) >= 11 is 0. The normalized spacial score (nSPS) is 23.9. The second-order valence-electron chi connectivity index (χ2n) is 13.4. The van der Waals surface area contributed by atoms with Gasteiger partial charge in [-0.05, 0) is 91.5 Å². The molecule has 1 amide bonds. The molecule has 0 bridgehead atoms. The zero-order valence-corrected chi connectivity index (χ0v) is 24.2. The lowest BCUT2D eigenvalue weighted by molar-refractivity contribution is -0.160. The van der Waals surface area contributed by atoms with Gasteiger partial charge in [-0.15, -0.1) is 0 Å². The number of halogens is 3. The number of amides is 1. The van der Waals surface area contributed by atoms with Crippen molar-refractivity contribution in [1.82, 2.24) is 9.80 Å². The molecule has 39 heavy (non-hydrogen) atoms. The zero-order valence-electron chi connectivity index (χ0n) is 24.2. The number of carbonyl (C=O) groups is 2. The van der Waals surface area contributed by atoms with E-state index in [1.807, 2.05) is 30.6 Å². The number of benzene rings is 1. The summed E-state index contributed by atoms with van der Waals surface area (Å²) in [4.78, 5) is 32.2. The lowest BCUT2D eigenvalue weighted by Gasteiger charge is -2.36. The quantitative estimate of drug-likeness (QED) is 0.450. The number of anilines is 1. The van der Waals surface area contributed by atoms with Crippen LogP contribution < -0.4 is 4.90 Å². The van der Waals surface area contributed by atoms with Gasteiger partial charge in [-0.1, -0.05) is 6.07 Å². The number of hydrogen-bond donors (Lipinski definition) is 0. The fourth-order valence-corrected chi connectivity index (χ4v) is 6.12. The second kappa shape index (κ2) is 10.9. The van der Waals surface area contributed by atoms with Crippen LogP contribution in [0.15, 0.2) is 18.2 Å². The maximum Gasteiger partial charge on any atom is 0.416 e. The molecule has 0 saturated carbocycles. The first-order valence-electron chi connectivity index (χ1n) is 14.3. The number of ether oxygens (including phenoxy) is 1. The number of esters is 1. The number of hydrogen-bond acceptors (Lipinski definition) is 5. The average molecular weight is 552 g/mol. The topological polar surface area (TPSA) is 53.1 Å². The Balaban J connectivity index is 1.48. The first kappa shape index (κ1) is 29.7. The minimum Gasteiger partial charge on any atom is -0.460 e. The van der Waals surface area contributed by atoms with E-state index in [-0.39, 0.29) is 35.2 Å². The Morgan fingerprint density at radius 3 is 2.05 bits per heavy atom. The highest BCUT2D eigenvalue weighted by molar-refractivity contribution is 5.80. The van der Waals surface area contributed by atoms with Gasteiger partial charge in [-0.3, -0.25) is 14.5 Å². The van der Waals surface area contributed by atoms with Crippen LogP contribution >= 0.6 is 0 Å². The molecule has 2 atom stereocenters. The van der Waals surface area contributed by atoms with Gasteiger partial charge in [0, 0.05) is 49.9 Å². The minimum atomic E-state index is -4.44. The van der Waals surface area contributed by atoms with Crippen molar-refractivity contribution >= 4 is 17.6 Å². The van der Waals surface area contributed by atoms with E-state index in [1.165, 1.54) is 6.07 Å². The molecule has 3 heterocycles. The third kappa shape index (κ3) is 7.08. The van der Waals surface area contributed by atoms with Gasteiger partial charge in [0.05, 0.1) is 17.4 Å². The van der Waals surface area contributed by atoms with Crippen molar-refractivity contribution in [3.63, 3.8) is 0 Å². The van der Waals surface area contributed by atoms with Crippen molar-refractivity contribution in [1.29, 1.82) is 0 Å². The summed E-state index contributed by atoms with van der Waals surface area (Å²) in [7, 11) is 0. The lowest BCUT2D eigenvalue weighted by Crippen LogP contribution is -2.41. The number of alkyl halides is 3. The summed E-state index contributed by atoms with van der Waals surface area (Å²) in [6.45, 7) is 15.7. The molecule has 1 aromatic rings. The smallest absolute Gasteiger partial charge is 0.416 e. The summed E-state index contributed by atoms with van der Waals surface area (Å²) in [5.74, 6) is -0.380. The number of likely N-dealkylation sites (tertiary alicyclic amines) is 2. The molecule has 3 aliphatic heterocycles. The fraction of sp³-hybridized carbons (Fsp3) is 0.733. The molecule has 0 spiro atoms. The van der Waals surface area contributed by atoms with Gasteiger partial charge >= 0.3 is 12.1 Å². The van der Waals surface area contributed by atoms with Gasteiger partial charge in [0.1, 0.15) is 5.60 Å². The summed E-state index contributed by atoms with van der Waals surface area (Å²) in [6, 6.07) is 4.02. The van der Waals surface area contributed by atoms with Crippen LogP contribution in [0.1, 0.15) is 84.3 Å². The number of nitrogens with zero attached hydrogens (tertiary/aromatic N) is 3. The first-order valence-corrected chi connectivity index (χ1v) is 14.3. The van der Waals surface area contributed by atoms with E-state index < -0.39 is 17.3 Å². The van der Waals surface area contributed by atoms with E-state index in [0.717, 1.165) is 37.6 Å². The van der Waals surface area contributed by atoms with Crippen molar-refractivity contribution in [3.05, 3.63) is 29.3 Å². The predicted octanol–water partition coefficient (Wildman–Crippen LogP) is 5.70. The van der Waals surface area contributed by atoms with E-state index in [4.69, 9.17) is 4.74 Å². The van der Waals surface area contributed by atoms with Crippen LogP contribution in [-0.4, -0.2) is 72.1 Å². The monoisotopic (exact) mass is 551 g/mol. The molecule has 0 N–H and O–H groups in total. The first-order chi connectivity index (χ1) is 18.0. The third-order valence-electron chi connectivity index (χ3n) is 8.36. The Bertz CT molecular complexity index is 1050. The average Bonchev–Trinajstić information content (AvgIpc) is 3.52. The maximum absolute atomic E-state index is 13.7. The largest absolute Gasteiger partial charge is 0.460 e. The van der Waals surface area contributed by atoms with Gasteiger partial charge in [-0.25, -0.2) is 0 Å². The van der Waals surface area contributed by atoms with E-state index in [1.54, 1.807) is 6.07 Å². The molecule has 6 nitrogen and oxygen atoms in total. The number of carbonyl (C=O) groups excluding carboxylic acids is 2. The number of piperidine rings is 1. The Kier molecular flexibility index (Phi) is 8.33. The Hall–Kier alpha value is -2.29. The van der Waals surface area contributed by atoms with Gasteiger partial charge in [0.25, 0.3) is 0 Å². The zero-order chi connectivity index (χ0) is 28.8. The molecule has 1 aromatic carbocycles. The van der Waals surface area contributed by atoms with Gasteiger partial charge in [0.2, 0.25) is 5.91 Å². The summed E-state index contributed by atoms with van der Waals surface area (Å²) < 4.78 is 46.6. The SMILES string of the molecule is CC(C)(C)OC(=O)C1CCN(c2cc(C(F)(F)F)ccc2C2CCN(C(=O)C3CCN(C(C)(C)C)C3)C2)CC1. The van der Waals surface area contributed by atoms with Gasteiger partial charge < -0.3 is 14.5 Å². The second-order valence-corrected chi connectivity index (χ2v) is 13.4. The molecule has 3 aliphatic rings. The van der Waals surface area contributed by atoms with Crippen molar-refractivity contribution in [3.8, 4) is 0 Å². The molecule has 0 aliphatic carbocycles. The van der Waals surface area contributed by atoms with Gasteiger partial charge in [-0.2, -0.15) is 13.2 Å². The molecule has 2 unspecified atom stereocenters. The maximum atomic E-state index is 13.7.